The van der Waals surface area contributed by atoms with Gasteiger partial charge in [0.05, 0.1) is 22.5 Å². The third-order valence-electron chi connectivity index (χ3n) is 5.81. The van der Waals surface area contributed by atoms with Crippen LogP contribution >= 0.6 is 11.6 Å². The fourth-order valence-corrected chi connectivity index (χ4v) is 5.18. The molecule has 2 bridgehead atoms. The molecule has 0 aromatic heterocycles. The Morgan fingerprint density at radius 1 is 1.09 bits per heavy atom. The van der Waals surface area contributed by atoms with Crippen LogP contribution in [0.2, 0.25) is 5.02 Å². The minimum atomic E-state index is -0.706. The van der Waals surface area contributed by atoms with Crippen molar-refractivity contribution in [2.24, 2.45) is 22.7 Å². The lowest BCUT2D eigenvalue weighted by Crippen LogP contribution is -2.40. The molecule has 1 aliphatic heterocycles. The molecule has 4 nitrogen and oxygen atoms in total. The van der Waals surface area contributed by atoms with E-state index in [4.69, 9.17) is 11.6 Å². The van der Waals surface area contributed by atoms with Crippen molar-refractivity contribution >= 4 is 34.9 Å². The molecule has 0 N–H and O–H groups in total. The first-order valence-corrected chi connectivity index (χ1v) is 7.83. The Bertz CT molecular complexity index is 745. The zero-order chi connectivity index (χ0) is 15.9. The molecule has 1 heterocycles. The van der Waals surface area contributed by atoms with E-state index in [2.05, 4.69) is 0 Å². The molecule has 2 saturated carbocycles. The first kappa shape index (κ1) is 13.9. The normalized spacial score (nSPS) is 39.8. The summed E-state index contributed by atoms with van der Waals surface area (Å²) in [6.07, 6.45) is 1.02. The second-order valence-electron chi connectivity index (χ2n) is 7.27. The van der Waals surface area contributed by atoms with Crippen molar-refractivity contribution in [1.82, 2.24) is 0 Å². The predicted molar refractivity (Wildman–Crippen MR) is 81.4 cm³/mol. The number of para-hydroxylation sites is 1. The van der Waals surface area contributed by atoms with E-state index in [-0.39, 0.29) is 17.6 Å². The topological polar surface area (TPSA) is 54.5 Å². The standard InChI is InChI=1S/C17H16ClNO3/c1-16-7-11(20)17(2,8-16)13-12(16)14(21)19(15(13)22)10-6-4-3-5-9(10)18/h3-6,12-13H,7-8H2,1-2H3. The Kier molecular flexibility index (Phi) is 2.53. The van der Waals surface area contributed by atoms with Crippen LogP contribution < -0.4 is 4.90 Å². The molecule has 4 atom stereocenters. The lowest BCUT2D eigenvalue weighted by atomic mass is 9.68. The zero-order valence-corrected chi connectivity index (χ0v) is 13.2. The van der Waals surface area contributed by atoms with E-state index >= 15 is 0 Å². The number of Topliss-reactive ketones (excluding diaryl/α,β-unsaturated/α-hetero) is 1. The number of nitrogens with zero attached hydrogens (tertiary/aromatic N) is 1. The quantitative estimate of drug-likeness (QED) is 0.748. The van der Waals surface area contributed by atoms with Crippen LogP contribution in [0.15, 0.2) is 24.3 Å². The van der Waals surface area contributed by atoms with Gasteiger partial charge in [-0.15, -0.1) is 0 Å². The highest BCUT2D eigenvalue weighted by atomic mass is 35.5. The maximum Gasteiger partial charge on any atom is 0.238 e. The summed E-state index contributed by atoms with van der Waals surface area (Å²) in [4.78, 5) is 39.4. The van der Waals surface area contributed by atoms with E-state index < -0.39 is 22.7 Å². The number of fused-ring (bicyclic) bond motifs is 5. The number of hydrogen-bond acceptors (Lipinski definition) is 3. The van der Waals surface area contributed by atoms with Crippen molar-refractivity contribution in [2.75, 3.05) is 4.90 Å². The molecule has 3 aliphatic rings. The van der Waals surface area contributed by atoms with Crippen LogP contribution in [0.4, 0.5) is 5.69 Å². The van der Waals surface area contributed by atoms with Gasteiger partial charge in [-0.25, -0.2) is 4.90 Å². The largest absolute Gasteiger partial charge is 0.299 e. The number of hydrogen-bond donors (Lipinski definition) is 0. The number of benzene rings is 1. The molecule has 4 rings (SSSR count). The molecule has 3 fully saturated rings. The number of amides is 2. The Morgan fingerprint density at radius 2 is 1.73 bits per heavy atom. The van der Waals surface area contributed by atoms with Crippen LogP contribution in [0.1, 0.15) is 26.7 Å². The summed E-state index contributed by atoms with van der Waals surface area (Å²) in [6, 6.07) is 6.84. The number of ketones is 1. The molecule has 1 aromatic rings. The fraction of sp³-hybridized carbons (Fsp3) is 0.471. The van der Waals surface area contributed by atoms with Gasteiger partial charge in [0.25, 0.3) is 0 Å². The third-order valence-corrected chi connectivity index (χ3v) is 6.13. The monoisotopic (exact) mass is 317 g/mol. The summed E-state index contributed by atoms with van der Waals surface area (Å²) >= 11 is 6.16. The highest BCUT2D eigenvalue weighted by molar-refractivity contribution is 6.36. The Balaban J connectivity index is 1.86. The van der Waals surface area contributed by atoms with Gasteiger partial charge in [-0.3, -0.25) is 14.4 Å². The molecular formula is C17H16ClNO3. The van der Waals surface area contributed by atoms with Gasteiger partial charge in [0, 0.05) is 11.8 Å². The lowest BCUT2D eigenvalue weighted by Gasteiger charge is -2.30. The predicted octanol–water partition coefficient (Wildman–Crippen LogP) is 2.83. The minimum absolute atomic E-state index is 0.110. The van der Waals surface area contributed by atoms with E-state index in [9.17, 15) is 14.4 Å². The van der Waals surface area contributed by atoms with Crippen LogP contribution in [-0.4, -0.2) is 17.6 Å². The van der Waals surface area contributed by atoms with Crippen LogP contribution in [-0.2, 0) is 14.4 Å². The number of rotatable bonds is 1. The van der Waals surface area contributed by atoms with Gasteiger partial charge in [-0.2, -0.15) is 0 Å². The third kappa shape index (κ3) is 1.42. The SMILES string of the molecule is CC12CC(=O)C(C)(C1)C1C(=O)N(c3ccccc3Cl)C(=O)C12. The number of carbonyl (C=O) groups excluding carboxylic acids is 3. The second-order valence-corrected chi connectivity index (χ2v) is 7.67. The molecule has 114 valence electrons. The van der Waals surface area contributed by atoms with Crippen molar-refractivity contribution < 1.29 is 14.4 Å². The van der Waals surface area contributed by atoms with Crippen molar-refractivity contribution in [3.05, 3.63) is 29.3 Å². The summed E-state index contributed by atoms with van der Waals surface area (Å²) in [5.74, 6) is -1.32. The molecule has 0 spiro atoms. The van der Waals surface area contributed by atoms with E-state index in [1.807, 2.05) is 13.8 Å². The van der Waals surface area contributed by atoms with Crippen LogP contribution in [0.5, 0.6) is 0 Å². The first-order valence-electron chi connectivity index (χ1n) is 7.45. The molecule has 1 saturated heterocycles. The summed E-state index contributed by atoms with van der Waals surface area (Å²) in [5.41, 5.74) is -0.686. The molecule has 5 heteroatoms. The Morgan fingerprint density at radius 3 is 2.41 bits per heavy atom. The second kappa shape index (κ2) is 3.99. The number of imide groups is 1. The van der Waals surface area contributed by atoms with Crippen molar-refractivity contribution in [2.45, 2.75) is 26.7 Å². The van der Waals surface area contributed by atoms with E-state index in [1.54, 1.807) is 24.3 Å². The Labute approximate surface area is 133 Å². The van der Waals surface area contributed by atoms with Gasteiger partial charge in [0.1, 0.15) is 5.78 Å². The van der Waals surface area contributed by atoms with Gasteiger partial charge >= 0.3 is 0 Å². The fourth-order valence-electron chi connectivity index (χ4n) is 4.96. The van der Waals surface area contributed by atoms with Crippen LogP contribution in [0.25, 0.3) is 0 Å². The summed E-state index contributed by atoms with van der Waals surface area (Å²) in [7, 11) is 0. The molecular weight excluding hydrogens is 302 g/mol. The maximum absolute atomic E-state index is 12.9. The molecule has 2 amide bonds. The molecule has 4 unspecified atom stereocenters. The molecule has 0 radical (unpaired) electrons. The Hall–Kier alpha value is -1.68. The highest BCUT2D eigenvalue weighted by Gasteiger charge is 2.74. The smallest absolute Gasteiger partial charge is 0.238 e. The van der Waals surface area contributed by atoms with E-state index in [0.29, 0.717) is 23.6 Å². The zero-order valence-electron chi connectivity index (χ0n) is 12.4. The summed E-state index contributed by atoms with van der Waals surface area (Å²) in [5, 5.41) is 0.373. The minimum Gasteiger partial charge on any atom is -0.299 e. The van der Waals surface area contributed by atoms with Crippen LogP contribution in [0.3, 0.4) is 0 Å². The number of anilines is 1. The van der Waals surface area contributed by atoms with Crippen molar-refractivity contribution in [1.29, 1.82) is 0 Å². The van der Waals surface area contributed by atoms with Gasteiger partial charge in [-0.1, -0.05) is 37.6 Å². The maximum atomic E-state index is 12.9. The summed E-state index contributed by atoms with van der Waals surface area (Å²) < 4.78 is 0. The average molecular weight is 318 g/mol. The van der Waals surface area contributed by atoms with Crippen LogP contribution in [0, 0.1) is 22.7 Å². The highest BCUT2D eigenvalue weighted by Crippen LogP contribution is 2.68. The van der Waals surface area contributed by atoms with E-state index in [1.165, 1.54) is 4.90 Å². The van der Waals surface area contributed by atoms with Gasteiger partial charge in [-0.05, 0) is 24.0 Å². The number of carbonyl (C=O) groups is 3. The molecule has 2 aliphatic carbocycles. The number of halogens is 1. The summed E-state index contributed by atoms with van der Waals surface area (Å²) in [6.45, 7) is 3.80. The lowest BCUT2D eigenvalue weighted by molar-refractivity contribution is -0.138. The van der Waals surface area contributed by atoms with Gasteiger partial charge < -0.3 is 0 Å². The average Bonchev–Trinajstić information content (AvgIpc) is 2.94. The molecule has 22 heavy (non-hydrogen) atoms. The van der Waals surface area contributed by atoms with Crippen molar-refractivity contribution in [3.8, 4) is 0 Å². The first-order chi connectivity index (χ1) is 10.3. The van der Waals surface area contributed by atoms with Gasteiger partial charge in [0.2, 0.25) is 11.8 Å². The van der Waals surface area contributed by atoms with E-state index in [0.717, 1.165) is 0 Å². The van der Waals surface area contributed by atoms with Crippen molar-refractivity contribution in [3.63, 3.8) is 0 Å². The molecule has 1 aromatic carbocycles. The van der Waals surface area contributed by atoms with Gasteiger partial charge in [0.15, 0.2) is 0 Å².